The topological polar surface area (TPSA) is 33.1 Å². The molecule has 0 radical (unpaired) electrons. The molecule has 5 heteroatoms. The molecule has 1 unspecified atom stereocenters. The molecule has 1 heterocycles. The van der Waals surface area contributed by atoms with Crippen molar-refractivity contribution in [3.63, 3.8) is 0 Å². The first kappa shape index (κ1) is 12.0. The lowest BCUT2D eigenvalue weighted by Gasteiger charge is -2.26. The molecule has 15 heavy (non-hydrogen) atoms. The minimum atomic E-state index is -4.70. The molecule has 1 N–H and O–H groups in total. The van der Waals surface area contributed by atoms with Crippen LogP contribution in [0, 0.1) is 13.8 Å². The first-order chi connectivity index (χ1) is 6.66. The molecule has 0 spiro atoms. The van der Waals surface area contributed by atoms with E-state index in [4.69, 9.17) is 0 Å². The molecule has 1 aromatic heterocycles. The number of alkyl halides is 3. The third-order valence-electron chi connectivity index (χ3n) is 2.45. The zero-order valence-corrected chi connectivity index (χ0v) is 8.68. The average Bonchev–Trinajstić information content (AvgIpc) is 2.07. The lowest BCUT2D eigenvalue weighted by molar-refractivity contribution is -0.259. The third kappa shape index (κ3) is 2.12. The highest BCUT2D eigenvalue weighted by Gasteiger charge is 2.51. The number of rotatable bonds is 1. The van der Waals surface area contributed by atoms with Gasteiger partial charge in [0.2, 0.25) is 0 Å². The Balaban J connectivity index is 3.22. The Morgan fingerprint density at radius 2 is 1.80 bits per heavy atom. The Labute approximate surface area is 85.8 Å². The Bertz CT molecular complexity index is 371. The summed E-state index contributed by atoms with van der Waals surface area (Å²) in [4.78, 5) is 3.80. The predicted molar refractivity (Wildman–Crippen MR) is 49.3 cm³/mol. The van der Waals surface area contributed by atoms with Gasteiger partial charge in [0.25, 0.3) is 0 Å². The second-order valence-electron chi connectivity index (χ2n) is 3.70. The van der Waals surface area contributed by atoms with Gasteiger partial charge in [-0.2, -0.15) is 13.2 Å². The minimum Gasteiger partial charge on any atom is -0.376 e. The van der Waals surface area contributed by atoms with Crippen molar-refractivity contribution in [3.05, 3.63) is 29.1 Å². The van der Waals surface area contributed by atoms with Crippen LogP contribution in [-0.2, 0) is 5.60 Å². The molecule has 1 aromatic rings. The van der Waals surface area contributed by atoms with E-state index in [0.29, 0.717) is 11.3 Å². The van der Waals surface area contributed by atoms with E-state index in [1.807, 2.05) is 0 Å². The summed E-state index contributed by atoms with van der Waals surface area (Å²) in [5.74, 6) is 0. The normalized spacial score (nSPS) is 16.2. The van der Waals surface area contributed by atoms with Crippen molar-refractivity contribution in [2.45, 2.75) is 32.5 Å². The quantitative estimate of drug-likeness (QED) is 0.787. The molecule has 84 valence electrons. The molecular weight excluding hydrogens is 207 g/mol. The highest BCUT2D eigenvalue weighted by molar-refractivity contribution is 5.28. The monoisotopic (exact) mass is 219 g/mol. The lowest BCUT2D eigenvalue weighted by Crippen LogP contribution is -2.39. The van der Waals surface area contributed by atoms with Gasteiger partial charge in [0.1, 0.15) is 0 Å². The summed E-state index contributed by atoms with van der Waals surface area (Å²) in [6.07, 6.45) is -3.65. The summed E-state index contributed by atoms with van der Waals surface area (Å²) < 4.78 is 37.4. The number of aromatic nitrogens is 1. The van der Waals surface area contributed by atoms with Crippen LogP contribution >= 0.6 is 0 Å². The van der Waals surface area contributed by atoms with Crippen molar-refractivity contribution in [1.29, 1.82) is 0 Å². The van der Waals surface area contributed by atoms with E-state index in [0.717, 1.165) is 13.1 Å². The van der Waals surface area contributed by atoms with Gasteiger partial charge in [-0.05, 0) is 32.4 Å². The number of pyridine rings is 1. The summed E-state index contributed by atoms with van der Waals surface area (Å²) in [5, 5.41) is 9.37. The molecular formula is C10H12F3NO. The molecule has 0 aromatic carbocycles. The number of aryl methyl sites for hydroxylation is 2. The van der Waals surface area contributed by atoms with Gasteiger partial charge in [0.05, 0.1) is 0 Å². The van der Waals surface area contributed by atoms with E-state index in [1.165, 1.54) is 6.07 Å². The summed E-state index contributed by atoms with van der Waals surface area (Å²) in [7, 11) is 0. The van der Waals surface area contributed by atoms with Crippen molar-refractivity contribution >= 4 is 0 Å². The third-order valence-corrected chi connectivity index (χ3v) is 2.45. The van der Waals surface area contributed by atoms with Gasteiger partial charge in [-0.25, -0.2) is 0 Å². The van der Waals surface area contributed by atoms with Gasteiger partial charge in [-0.15, -0.1) is 0 Å². The van der Waals surface area contributed by atoms with Crippen LogP contribution in [-0.4, -0.2) is 16.3 Å². The fourth-order valence-corrected chi connectivity index (χ4v) is 1.07. The van der Waals surface area contributed by atoms with Crippen LogP contribution in [0.2, 0.25) is 0 Å². The average molecular weight is 219 g/mol. The standard InChI is InChI=1S/C10H12F3NO/c1-6-4-8(5-14-7(6)2)9(3,15)10(11,12)13/h4-5,15H,1-3H3. The number of halogens is 3. The molecule has 0 bridgehead atoms. The van der Waals surface area contributed by atoms with Crippen LogP contribution in [0.4, 0.5) is 13.2 Å². The van der Waals surface area contributed by atoms with Crippen LogP contribution in [0.15, 0.2) is 12.3 Å². The van der Waals surface area contributed by atoms with Crippen molar-refractivity contribution in [2.24, 2.45) is 0 Å². The molecule has 0 amide bonds. The smallest absolute Gasteiger partial charge is 0.376 e. The molecule has 0 saturated carbocycles. The van der Waals surface area contributed by atoms with E-state index in [9.17, 15) is 18.3 Å². The highest BCUT2D eigenvalue weighted by atomic mass is 19.4. The molecule has 0 aliphatic rings. The SMILES string of the molecule is Cc1cc(C(C)(O)C(F)(F)F)cnc1C. The lowest BCUT2D eigenvalue weighted by atomic mass is 9.95. The number of hydrogen-bond acceptors (Lipinski definition) is 2. The van der Waals surface area contributed by atoms with Crippen molar-refractivity contribution in [3.8, 4) is 0 Å². The molecule has 0 fully saturated rings. The van der Waals surface area contributed by atoms with Crippen LogP contribution in [0.5, 0.6) is 0 Å². The second kappa shape index (κ2) is 3.48. The van der Waals surface area contributed by atoms with E-state index >= 15 is 0 Å². The zero-order valence-electron chi connectivity index (χ0n) is 8.68. The van der Waals surface area contributed by atoms with Crippen molar-refractivity contribution < 1.29 is 18.3 Å². The Morgan fingerprint density at radius 3 is 2.20 bits per heavy atom. The molecule has 0 aliphatic carbocycles. The predicted octanol–water partition coefficient (Wildman–Crippen LogP) is 2.47. The van der Waals surface area contributed by atoms with E-state index in [-0.39, 0.29) is 5.56 Å². The van der Waals surface area contributed by atoms with Gasteiger partial charge >= 0.3 is 6.18 Å². The van der Waals surface area contributed by atoms with Crippen LogP contribution < -0.4 is 0 Å². The van der Waals surface area contributed by atoms with Crippen LogP contribution in [0.1, 0.15) is 23.7 Å². The van der Waals surface area contributed by atoms with Gasteiger partial charge in [-0.3, -0.25) is 4.98 Å². The molecule has 1 atom stereocenters. The molecule has 2 nitrogen and oxygen atoms in total. The Hall–Kier alpha value is -1.10. The molecule has 0 aliphatic heterocycles. The molecule has 1 rings (SSSR count). The van der Waals surface area contributed by atoms with Gasteiger partial charge in [-0.1, -0.05) is 0 Å². The van der Waals surface area contributed by atoms with Gasteiger partial charge < -0.3 is 5.11 Å². The Kier molecular flexibility index (Phi) is 2.78. The maximum Gasteiger partial charge on any atom is 0.421 e. The van der Waals surface area contributed by atoms with Crippen molar-refractivity contribution in [2.75, 3.05) is 0 Å². The van der Waals surface area contributed by atoms with Crippen LogP contribution in [0.25, 0.3) is 0 Å². The number of aliphatic hydroxyl groups is 1. The zero-order chi connectivity index (χ0) is 11.9. The largest absolute Gasteiger partial charge is 0.421 e. The van der Waals surface area contributed by atoms with E-state index in [1.54, 1.807) is 13.8 Å². The summed E-state index contributed by atoms with van der Waals surface area (Å²) in [6, 6.07) is 1.30. The van der Waals surface area contributed by atoms with Gasteiger partial charge in [0.15, 0.2) is 5.60 Å². The Morgan fingerprint density at radius 1 is 1.27 bits per heavy atom. The first-order valence-corrected chi connectivity index (χ1v) is 4.39. The van der Waals surface area contributed by atoms with E-state index < -0.39 is 11.8 Å². The maximum absolute atomic E-state index is 12.5. The number of hydrogen-bond donors (Lipinski definition) is 1. The summed E-state index contributed by atoms with van der Waals surface area (Å²) in [5.41, 5.74) is -1.81. The second-order valence-corrected chi connectivity index (χ2v) is 3.70. The summed E-state index contributed by atoms with van der Waals surface area (Å²) in [6.45, 7) is 4.07. The van der Waals surface area contributed by atoms with Crippen LogP contribution in [0.3, 0.4) is 0 Å². The molecule has 0 saturated heterocycles. The fraction of sp³-hybridized carbons (Fsp3) is 0.500. The van der Waals surface area contributed by atoms with Gasteiger partial charge in [0, 0.05) is 17.5 Å². The maximum atomic E-state index is 12.5. The summed E-state index contributed by atoms with van der Waals surface area (Å²) >= 11 is 0. The van der Waals surface area contributed by atoms with E-state index in [2.05, 4.69) is 4.98 Å². The fourth-order valence-electron chi connectivity index (χ4n) is 1.07. The first-order valence-electron chi connectivity index (χ1n) is 4.39. The van der Waals surface area contributed by atoms with Crippen molar-refractivity contribution in [1.82, 2.24) is 4.98 Å². The minimum absolute atomic E-state index is 0.238. The highest BCUT2D eigenvalue weighted by Crippen LogP contribution is 2.38. The number of nitrogens with zero attached hydrogens (tertiary/aromatic N) is 1.